The molecular formula is C14H18F2N2O2. The molecule has 0 radical (unpaired) electrons. The molecule has 110 valence electrons. The van der Waals surface area contributed by atoms with Gasteiger partial charge in [0, 0.05) is 6.54 Å². The van der Waals surface area contributed by atoms with Crippen molar-refractivity contribution in [1.29, 1.82) is 0 Å². The van der Waals surface area contributed by atoms with Gasteiger partial charge in [-0.15, -0.1) is 0 Å². The lowest BCUT2D eigenvalue weighted by Crippen LogP contribution is -2.46. The Labute approximate surface area is 116 Å². The second kappa shape index (κ2) is 7.19. The van der Waals surface area contributed by atoms with Crippen LogP contribution in [0.1, 0.15) is 24.8 Å². The molecule has 1 atom stereocenters. The predicted octanol–water partition coefficient (Wildman–Crippen LogP) is 2.05. The topological polar surface area (TPSA) is 50.4 Å². The third kappa shape index (κ3) is 4.45. The van der Waals surface area contributed by atoms with Crippen molar-refractivity contribution in [3.05, 3.63) is 29.8 Å². The maximum absolute atomic E-state index is 12.0. The van der Waals surface area contributed by atoms with Crippen molar-refractivity contribution >= 4 is 5.91 Å². The Morgan fingerprint density at radius 2 is 2.10 bits per heavy atom. The summed E-state index contributed by atoms with van der Waals surface area (Å²) in [6.45, 7) is -1.57. The van der Waals surface area contributed by atoms with Crippen molar-refractivity contribution < 1.29 is 18.3 Å². The summed E-state index contributed by atoms with van der Waals surface area (Å²) in [4.78, 5) is 11.9. The van der Waals surface area contributed by atoms with Crippen molar-refractivity contribution in [1.82, 2.24) is 10.6 Å². The van der Waals surface area contributed by atoms with E-state index < -0.39 is 6.61 Å². The number of benzene rings is 1. The van der Waals surface area contributed by atoms with E-state index in [1.807, 2.05) is 0 Å². The number of carbonyl (C=O) groups excluding carboxylic acids is 1. The quantitative estimate of drug-likeness (QED) is 0.870. The maximum atomic E-state index is 12.0. The zero-order valence-corrected chi connectivity index (χ0v) is 11.1. The van der Waals surface area contributed by atoms with Crippen molar-refractivity contribution in [3.8, 4) is 5.75 Å². The zero-order valence-electron chi connectivity index (χ0n) is 11.1. The number of rotatable bonds is 5. The second-order valence-corrected chi connectivity index (χ2v) is 4.74. The molecule has 1 fully saturated rings. The second-order valence-electron chi connectivity index (χ2n) is 4.74. The van der Waals surface area contributed by atoms with E-state index in [-0.39, 0.29) is 17.7 Å². The largest absolute Gasteiger partial charge is 0.435 e. The van der Waals surface area contributed by atoms with E-state index >= 15 is 0 Å². The Hall–Kier alpha value is -1.69. The number of ether oxygens (including phenoxy) is 1. The molecule has 1 aliphatic heterocycles. The van der Waals surface area contributed by atoms with Gasteiger partial charge < -0.3 is 15.4 Å². The van der Waals surface area contributed by atoms with E-state index in [9.17, 15) is 13.6 Å². The number of carbonyl (C=O) groups is 1. The van der Waals surface area contributed by atoms with Crippen LogP contribution in [0.4, 0.5) is 8.78 Å². The molecule has 1 aromatic rings. The van der Waals surface area contributed by atoms with Crippen LogP contribution in [0.3, 0.4) is 0 Å². The SMILES string of the molecule is O=C(NCc1ccc(OC(F)F)cc1)[C@H]1CCCCN1. The van der Waals surface area contributed by atoms with Gasteiger partial charge in [0.1, 0.15) is 5.75 Å². The highest BCUT2D eigenvalue weighted by Gasteiger charge is 2.19. The molecule has 1 amide bonds. The highest BCUT2D eigenvalue weighted by atomic mass is 19.3. The van der Waals surface area contributed by atoms with Crippen LogP contribution in [0.2, 0.25) is 0 Å². The Morgan fingerprint density at radius 3 is 2.70 bits per heavy atom. The van der Waals surface area contributed by atoms with Crippen LogP contribution in [0, 0.1) is 0 Å². The summed E-state index contributed by atoms with van der Waals surface area (Å²) in [5.41, 5.74) is 0.843. The summed E-state index contributed by atoms with van der Waals surface area (Å²) < 4.78 is 28.2. The molecule has 2 rings (SSSR count). The minimum Gasteiger partial charge on any atom is -0.435 e. The van der Waals surface area contributed by atoms with Crippen molar-refractivity contribution in [3.63, 3.8) is 0 Å². The summed E-state index contributed by atoms with van der Waals surface area (Å²) in [7, 11) is 0. The van der Waals surface area contributed by atoms with Gasteiger partial charge in [0.2, 0.25) is 5.91 Å². The first-order valence-corrected chi connectivity index (χ1v) is 6.70. The molecule has 1 saturated heterocycles. The van der Waals surface area contributed by atoms with Gasteiger partial charge in [-0.05, 0) is 37.1 Å². The third-order valence-corrected chi connectivity index (χ3v) is 3.24. The van der Waals surface area contributed by atoms with Gasteiger partial charge in [0.15, 0.2) is 0 Å². The molecule has 20 heavy (non-hydrogen) atoms. The van der Waals surface area contributed by atoms with Gasteiger partial charge in [0.25, 0.3) is 0 Å². The van der Waals surface area contributed by atoms with Gasteiger partial charge in [-0.3, -0.25) is 4.79 Å². The van der Waals surface area contributed by atoms with Crippen LogP contribution in [0.25, 0.3) is 0 Å². The summed E-state index contributed by atoms with van der Waals surface area (Å²) in [6, 6.07) is 6.13. The lowest BCUT2D eigenvalue weighted by molar-refractivity contribution is -0.123. The molecule has 1 aliphatic rings. The number of hydrogen-bond donors (Lipinski definition) is 2. The first kappa shape index (κ1) is 14.7. The molecule has 0 aliphatic carbocycles. The Kier molecular flexibility index (Phi) is 5.29. The average Bonchev–Trinajstić information content (AvgIpc) is 2.46. The van der Waals surface area contributed by atoms with Crippen LogP contribution in [-0.4, -0.2) is 25.1 Å². The number of hydrogen-bond acceptors (Lipinski definition) is 3. The van der Waals surface area contributed by atoms with Crippen LogP contribution < -0.4 is 15.4 Å². The average molecular weight is 284 g/mol. The van der Waals surface area contributed by atoms with Crippen LogP contribution in [-0.2, 0) is 11.3 Å². The monoisotopic (exact) mass is 284 g/mol. The zero-order chi connectivity index (χ0) is 14.4. The summed E-state index contributed by atoms with van der Waals surface area (Å²) >= 11 is 0. The predicted molar refractivity (Wildman–Crippen MR) is 70.6 cm³/mol. The highest BCUT2D eigenvalue weighted by Crippen LogP contribution is 2.15. The molecule has 1 aromatic carbocycles. The summed E-state index contributed by atoms with van der Waals surface area (Å²) in [6.07, 6.45) is 3.02. The van der Waals surface area contributed by atoms with Gasteiger partial charge in [-0.25, -0.2) is 0 Å². The maximum Gasteiger partial charge on any atom is 0.387 e. The molecule has 2 N–H and O–H groups in total. The molecule has 0 aromatic heterocycles. The number of nitrogens with one attached hydrogen (secondary N) is 2. The fraction of sp³-hybridized carbons (Fsp3) is 0.500. The lowest BCUT2D eigenvalue weighted by atomic mass is 10.0. The number of alkyl halides is 2. The van der Waals surface area contributed by atoms with Crippen LogP contribution >= 0.6 is 0 Å². The normalized spacial score (nSPS) is 18.9. The Balaban J connectivity index is 1.79. The van der Waals surface area contributed by atoms with E-state index in [1.54, 1.807) is 12.1 Å². The van der Waals surface area contributed by atoms with Crippen molar-refractivity contribution in [2.45, 2.75) is 38.5 Å². The first-order valence-electron chi connectivity index (χ1n) is 6.70. The fourth-order valence-corrected chi connectivity index (χ4v) is 2.18. The van der Waals surface area contributed by atoms with E-state index in [1.165, 1.54) is 12.1 Å². The minimum absolute atomic E-state index is 0.0161. The molecule has 0 saturated carbocycles. The number of amides is 1. The van der Waals surface area contributed by atoms with Gasteiger partial charge >= 0.3 is 6.61 Å². The van der Waals surface area contributed by atoms with E-state index in [0.717, 1.165) is 31.4 Å². The summed E-state index contributed by atoms with van der Waals surface area (Å²) in [5.74, 6) is 0.0987. The Bertz CT molecular complexity index is 431. The molecule has 0 bridgehead atoms. The highest BCUT2D eigenvalue weighted by molar-refractivity contribution is 5.81. The number of piperidine rings is 1. The molecule has 0 spiro atoms. The molecule has 6 heteroatoms. The van der Waals surface area contributed by atoms with Crippen molar-refractivity contribution in [2.24, 2.45) is 0 Å². The Morgan fingerprint density at radius 1 is 1.35 bits per heavy atom. The van der Waals surface area contributed by atoms with Gasteiger partial charge in [0.05, 0.1) is 6.04 Å². The number of halogens is 2. The molecule has 0 unspecified atom stereocenters. The first-order chi connectivity index (χ1) is 9.65. The minimum atomic E-state index is -2.82. The van der Waals surface area contributed by atoms with Crippen LogP contribution in [0.5, 0.6) is 5.75 Å². The van der Waals surface area contributed by atoms with E-state index in [2.05, 4.69) is 15.4 Å². The molecular weight excluding hydrogens is 266 g/mol. The van der Waals surface area contributed by atoms with E-state index in [0.29, 0.717) is 6.54 Å². The van der Waals surface area contributed by atoms with Gasteiger partial charge in [-0.2, -0.15) is 8.78 Å². The molecule has 4 nitrogen and oxygen atoms in total. The smallest absolute Gasteiger partial charge is 0.387 e. The van der Waals surface area contributed by atoms with E-state index in [4.69, 9.17) is 0 Å². The molecule has 1 heterocycles. The standard InChI is InChI=1S/C14H18F2N2O2/c15-14(16)20-11-6-4-10(5-7-11)9-18-13(19)12-3-1-2-8-17-12/h4-7,12,14,17H,1-3,8-9H2,(H,18,19)/t12-/m1/s1. The van der Waals surface area contributed by atoms with Gasteiger partial charge in [-0.1, -0.05) is 18.6 Å². The third-order valence-electron chi connectivity index (χ3n) is 3.24. The fourth-order valence-electron chi connectivity index (χ4n) is 2.18. The van der Waals surface area contributed by atoms with Crippen molar-refractivity contribution in [2.75, 3.05) is 6.54 Å². The lowest BCUT2D eigenvalue weighted by Gasteiger charge is -2.22. The summed E-state index contributed by atoms with van der Waals surface area (Å²) in [5, 5.41) is 6.01. The van der Waals surface area contributed by atoms with Crippen LogP contribution in [0.15, 0.2) is 24.3 Å².